The Hall–Kier alpha value is -1.86. The average Bonchev–Trinajstić information content (AvgIpc) is 2.76. The summed E-state index contributed by atoms with van der Waals surface area (Å²) in [5.41, 5.74) is 0.839. The van der Waals surface area contributed by atoms with E-state index in [0.29, 0.717) is 24.2 Å². The quantitative estimate of drug-likeness (QED) is 0.797. The van der Waals surface area contributed by atoms with Gasteiger partial charge in [0.05, 0.1) is 5.56 Å². The standard InChI is InChI=1S/C16H18FNO2/c1-16(2)7-8-18(11-16)15(20)14-6-5-13(17)10-12(14)4-3-9-19/h5-6,10,19H,7-9,11H2,1-2H3. The fourth-order valence-corrected chi connectivity index (χ4v) is 2.40. The molecule has 2 rings (SSSR count). The van der Waals surface area contributed by atoms with E-state index in [1.807, 2.05) is 0 Å². The van der Waals surface area contributed by atoms with Crippen molar-refractivity contribution in [3.63, 3.8) is 0 Å². The van der Waals surface area contributed by atoms with Gasteiger partial charge in [0.15, 0.2) is 0 Å². The number of benzene rings is 1. The number of hydrogen-bond donors (Lipinski definition) is 1. The Morgan fingerprint density at radius 3 is 2.85 bits per heavy atom. The van der Waals surface area contributed by atoms with E-state index in [-0.39, 0.29) is 17.9 Å². The topological polar surface area (TPSA) is 40.5 Å². The Morgan fingerprint density at radius 2 is 2.25 bits per heavy atom. The van der Waals surface area contributed by atoms with Crippen molar-refractivity contribution in [2.24, 2.45) is 5.41 Å². The van der Waals surface area contributed by atoms with E-state index in [2.05, 4.69) is 25.7 Å². The molecule has 1 saturated heterocycles. The Labute approximate surface area is 118 Å². The van der Waals surface area contributed by atoms with E-state index in [0.717, 1.165) is 6.42 Å². The Balaban J connectivity index is 2.30. The number of nitrogens with zero attached hydrogens (tertiary/aromatic N) is 1. The van der Waals surface area contributed by atoms with Crippen molar-refractivity contribution in [1.82, 2.24) is 4.90 Å². The lowest BCUT2D eigenvalue weighted by Crippen LogP contribution is -2.30. The molecule has 1 aliphatic rings. The van der Waals surface area contributed by atoms with Crippen LogP contribution >= 0.6 is 0 Å². The number of amides is 1. The molecule has 0 bridgehead atoms. The predicted octanol–water partition coefficient (Wildman–Crippen LogP) is 2.04. The van der Waals surface area contributed by atoms with Crippen LogP contribution in [-0.2, 0) is 0 Å². The number of aliphatic hydroxyl groups excluding tert-OH is 1. The van der Waals surface area contributed by atoms with Crippen molar-refractivity contribution >= 4 is 5.91 Å². The first-order chi connectivity index (χ1) is 9.43. The lowest BCUT2D eigenvalue weighted by atomic mass is 9.93. The van der Waals surface area contributed by atoms with Crippen LogP contribution in [0, 0.1) is 23.1 Å². The molecule has 106 valence electrons. The molecule has 0 saturated carbocycles. The summed E-state index contributed by atoms with van der Waals surface area (Å²) in [5.74, 6) is 4.54. The van der Waals surface area contributed by atoms with Crippen LogP contribution in [0.3, 0.4) is 0 Å². The summed E-state index contributed by atoms with van der Waals surface area (Å²) in [6.45, 7) is 5.32. The maximum atomic E-state index is 13.3. The maximum Gasteiger partial charge on any atom is 0.255 e. The molecule has 3 nitrogen and oxygen atoms in total. The molecule has 0 radical (unpaired) electrons. The van der Waals surface area contributed by atoms with Gasteiger partial charge in [-0.25, -0.2) is 4.39 Å². The molecule has 1 heterocycles. The number of likely N-dealkylation sites (tertiary alicyclic amines) is 1. The highest BCUT2D eigenvalue weighted by Crippen LogP contribution is 2.30. The number of hydrogen-bond acceptors (Lipinski definition) is 2. The van der Waals surface area contributed by atoms with Crippen LogP contribution in [0.4, 0.5) is 4.39 Å². The molecule has 0 unspecified atom stereocenters. The van der Waals surface area contributed by atoms with E-state index >= 15 is 0 Å². The van der Waals surface area contributed by atoms with Gasteiger partial charge >= 0.3 is 0 Å². The van der Waals surface area contributed by atoms with Crippen LogP contribution in [0.25, 0.3) is 0 Å². The smallest absolute Gasteiger partial charge is 0.255 e. The fraction of sp³-hybridized carbons (Fsp3) is 0.438. The molecule has 1 N–H and O–H groups in total. The SMILES string of the molecule is CC1(C)CCN(C(=O)c2ccc(F)cc2C#CCO)C1. The van der Waals surface area contributed by atoms with E-state index in [9.17, 15) is 9.18 Å². The van der Waals surface area contributed by atoms with Crippen LogP contribution in [0.1, 0.15) is 36.2 Å². The summed E-state index contributed by atoms with van der Waals surface area (Å²) >= 11 is 0. The molecule has 1 aromatic rings. The summed E-state index contributed by atoms with van der Waals surface area (Å²) in [6.07, 6.45) is 0.956. The van der Waals surface area contributed by atoms with Gasteiger partial charge in [-0.2, -0.15) is 0 Å². The third-order valence-corrected chi connectivity index (χ3v) is 3.48. The monoisotopic (exact) mass is 275 g/mol. The summed E-state index contributed by atoms with van der Waals surface area (Å²) in [4.78, 5) is 14.3. The summed E-state index contributed by atoms with van der Waals surface area (Å²) in [7, 11) is 0. The average molecular weight is 275 g/mol. The van der Waals surface area contributed by atoms with Gasteiger partial charge in [-0.3, -0.25) is 4.79 Å². The molecule has 4 heteroatoms. The number of aliphatic hydroxyl groups is 1. The summed E-state index contributed by atoms with van der Waals surface area (Å²) in [6, 6.07) is 3.96. The zero-order valence-corrected chi connectivity index (χ0v) is 11.7. The van der Waals surface area contributed by atoms with Crippen molar-refractivity contribution in [2.75, 3.05) is 19.7 Å². The Morgan fingerprint density at radius 1 is 1.50 bits per heavy atom. The van der Waals surface area contributed by atoms with Gasteiger partial charge in [-0.05, 0) is 30.0 Å². The molecule has 0 aromatic heterocycles. The van der Waals surface area contributed by atoms with Gasteiger partial charge < -0.3 is 10.0 Å². The van der Waals surface area contributed by atoms with Gasteiger partial charge in [0.25, 0.3) is 5.91 Å². The summed E-state index contributed by atoms with van der Waals surface area (Å²) < 4.78 is 13.3. The van der Waals surface area contributed by atoms with Crippen LogP contribution in [0.2, 0.25) is 0 Å². The van der Waals surface area contributed by atoms with E-state index < -0.39 is 5.82 Å². The van der Waals surface area contributed by atoms with Gasteiger partial charge in [0.1, 0.15) is 12.4 Å². The van der Waals surface area contributed by atoms with Crippen molar-refractivity contribution in [1.29, 1.82) is 0 Å². The van der Waals surface area contributed by atoms with Gasteiger partial charge in [-0.15, -0.1) is 0 Å². The molecular weight excluding hydrogens is 257 g/mol. The lowest BCUT2D eigenvalue weighted by molar-refractivity contribution is 0.0778. The van der Waals surface area contributed by atoms with Crippen LogP contribution in [-0.4, -0.2) is 35.6 Å². The lowest BCUT2D eigenvalue weighted by Gasteiger charge is -2.20. The number of carbonyl (C=O) groups is 1. The minimum absolute atomic E-state index is 0.118. The summed E-state index contributed by atoms with van der Waals surface area (Å²) in [5, 5.41) is 8.74. The highest BCUT2D eigenvalue weighted by atomic mass is 19.1. The van der Waals surface area contributed by atoms with Crippen molar-refractivity contribution in [2.45, 2.75) is 20.3 Å². The first kappa shape index (κ1) is 14.5. The van der Waals surface area contributed by atoms with Crippen LogP contribution < -0.4 is 0 Å². The molecule has 0 aliphatic carbocycles. The zero-order chi connectivity index (χ0) is 14.8. The van der Waals surface area contributed by atoms with E-state index in [1.54, 1.807) is 4.90 Å². The first-order valence-electron chi connectivity index (χ1n) is 6.61. The third-order valence-electron chi connectivity index (χ3n) is 3.48. The third kappa shape index (κ3) is 3.17. The van der Waals surface area contributed by atoms with Crippen molar-refractivity contribution in [3.8, 4) is 11.8 Å². The second-order valence-electron chi connectivity index (χ2n) is 5.79. The normalized spacial score (nSPS) is 16.7. The zero-order valence-electron chi connectivity index (χ0n) is 11.7. The minimum atomic E-state index is -0.439. The number of halogens is 1. The predicted molar refractivity (Wildman–Crippen MR) is 74.7 cm³/mol. The van der Waals surface area contributed by atoms with Gasteiger partial charge in [0, 0.05) is 18.7 Å². The second kappa shape index (κ2) is 5.64. The minimum Gasteiger partial charge on any atom is -0.384 e. The number of carbonyl (C=O) groups excluding carboxylic acids is 1. The van der Waals surface area contributed by atoms with Gasteiger partial charge in [-0.1, -0.05) is 25.7 Å². The maximum absolute atomic E-state index is 13.3. The molecule has 1 aliphatic heterocycles. The van der Waals surface area contributed by atoms with Crippen LogP contribution in [0.5, 0.6) is 0 Å². The molecule has 20 heavy (non-hydrogen) atoms. The first-order valence-corrected chi connectivity index (χ1v) is 6.61. The molecule has 0 atom stereocenters. The highest BCUT2D eigenvalue weighted by molar-refractivity contribution is 5.97. The largest absolute Gasteiger partial charge is 0.384 e. The highest BCUT2D eigenvalue weighted by Gasteiger charge is 2.33. The molecule has 1 fully saturated rings. The van der Waals surface area contributed by atoms with Gasteiger partial charge in [0.2, 0.25) is 0 Å². The fourth-order valence-electron chi connectivity index (χ4n) is 2.40. The second-order valence-corrected chi connectivity index (χ2v) is 5.79. The molecule has 1 aromatic carbocycles. The Kier molecular flexibility index (Phi) is 4.10. The molecular formula is C16H18FNO2. The van der Waals surface area contributed by atoms with Crippen molar-refractivity contribution < 1.29 is 14.3 Å². The number of rotatable bonds is 1. The van der Waals surface area contributed by atoms with Crippen molar-refractivity contribution in [3.05, 3.63) is 35.1 Å². The van der Waals surface area contributed by atoms with E-state index in [4.69, 9.17) is 5.11 Å². The molecule has 0 spiro atoms. The Bertz CT molecular complexity index is 584. The molecule has 1 amide bonds. The van der Waals surface area contributed by atoms with E-state index in [1.165, 1.54) is 18.2 Å². The van der Waals surface area contributed by atoms with Crippen LogP contribution in [0.15, 0.2) is 18.2 Å².